The Hall–Kier alpha value is -2.52. The first-order chi connectivity index (χ1) is 7.31. The van der Waals surface area contributed by atoms with Gasteiger partial charge in [-0.3, -0.25) is 0 Å². The van der Waals surface area contributed by atoms with Crippen molar-refractivity contribution in [3.63, 3.8) is 0 Å². The fraction of sp³-hybridized carbons (Fsp3) is 0. The molecule has 0 unspecified atom stereocenters. The second kappa shape index (κ2) is 3.32. The largest absolute Gasteiger partial charge is 0.354 e. The Morgan fingerprint density at radius 2 is 2.07 bits per heavy atom. The minimum atomic E-state index is 0.483. The number of H-pyrrole nitrogens is 1. The number of nitrogens with zero attached hydrogens (tertiary/aromatic N) is 2. The number of fused-ring (bicyclic) bond motifs is 1. The van der Waals surface area contributed by atoms with Crippen molar-refractivity contribution < 1.29 is 0 Å². The molecule has 2 rings (SSSR count). The van der Waals surface area contributed by atoms with E-state index in [1.807, 2.05) is 6.07 Å². The number of aromatic nitrogens is 1. The molecule has 0 bridgehead atoms. The van der Waals surface area contributed by atoms with E-state index in [0.29, 0.717) is 22.2 Å². The normalized spacial score (nSPS) is 9.47. The van der Waals surface area contributed by atoms with Gasteiger partial charge in [-0.25, -0.2) is 0 Å². The van der Waals surface area contributed by atoms with Gasteiger partial charge in [0.05, 0.1) is 22.9 Å². The summed E-state index contributed by atoms with van der Waals surface area (Å²) in [5.41, 5.74) is 2.45. The molecule has 1 aromatic heterocycles. The summed E-state index contributed by atoms with van der Waals surface area (Å²) < 4.78 is 0. The number of nitrogens with one attached hydrogen (secondary N) is 1. The first-order valence-corrected chi connectivity index (χ1v) is 4.39. The lowest BCUT2D eigenvalue weighted by molar-refractivity contribution is 1.41. The number of aromatic amines is 1. The van der Waals surface area contributed by atoms with Crippen LogP contribution in [0, 0.1) is 22.7 Å². The second-order valence-electron chi connectivity index (χ2n) is 3.07. The van der Waals surface area contributed by atoms with Crippen LogP contribution in [0.2, 0.25) is 0 Å². The molecule has 3 nitrogen and oxygen atoms in total. The second-order valence-corrected chi connectivity index (χ2v) is 3.07. The smallest absolute Gasteiger partial charge is 0.102 e. The average Bonchev–Trinajstić information content (AvgIpc) is 2.66. The van der Waals surface area contributed by atoms with Crippen LogP contribution in [-0.2, 0) is 0 Å². The molecule has 2 aromatic rings. The standard InChI is InChI=1S/C12H7N3/c1-2-10-9(7-14)12-8(6-13)4-3-5-11(12)15-10/h2-5,15H,1H2. The lowest BCUT2D eigenvalue weighted by atomic mass is 10.1. The van der Waals surface area contributed by atoms with Crippen LogP contribution < -0.4 is 0 Å². The third-order valence-electron chi connectivity index (χ3n) is 2.29. The maximum absolute atomic E-state index is 9.03. The van der Waals surface area contributed by atoms with Gasteiger partial charge in [-0.1, -0.05) is 12.6 Å². The summed E-state index contributed by atoms with van der Waals surface area (Å²) in [6, 6.07) is 9.49. The van der Waals surface area contributed by atoms with E-state index in [9.17, 15) is 0 Å². The van der Waals surface area contributed by atoms with Crippen molar-refractivity contribution in [2.24, 2.45) is 0 Å². The quantitative estimate of drug-likeness (QED) is 0.756. The number of hydrogen-bond donors (Lipinski definition) is 1. The Morgan fingerprint density at radius 1 is 1.27 bits per heavy atom. The summed E-state index contributed by atoms with van der Waals surface area (Å²) in [5.74, 6) is 0. The molecule has 70 valence electrons. The highest BCUT2D eigenvalue weighted by atomic mass is 14.7. The Bertz CT molecular complexity index is 621. The first kappa shape index (κ1) is 9.05. The number of nitriles is 2. The molecule has 1 heterocycles. The highest BCUT2D eigenvalue weighted by molar-refractivity contribution is 5.94. The fourth-order valence-electron chi connectivity index (χ4n) is 1.63. The number of benzene rings is 1. The van der Waals surface area contributed by atoms with Gasteiger partial charge in [0, 0.05) is 10.9 Å². The van der Waals surface area contributed by atoms with Gasteiger partial charge >= 0.3 is 0 Å². The Balaban J connectivity index is 3.00. The molecule has 15 heavy (non-hydrogen) atoms. The summed E-state index contributed by atoms with van der Waals surface area (Å²) in [6.07, 6.45) is 1.58. The van der Waals surface area contributed by atoms with Gasteiger partial charge in [-0.05, 0) is 18.2 Å². The van der Waals surface area contributed by atoms with Crippen LogP contribution in [0.15, 0.2) is 24.8 Å². The lowest BCUT2D eigenvalue weighted by Gasteiger charge is -1.92. The predicted octanol–water partition coefficient (Wildman–Crippen LogP) is 2.55. The van der Waals surface area contributed by atoms with Crippen molar-refractivity contribution in [3.8, 4) is 12.1 Å². The lowest BCUT2D eigenvalue weighted by Crippen LogP contribution is -1.79. The molecule has 0 aliphatic carbocycles. The highest BCUT2D eigenvalue weighted by Gasteiger charge is 2.11. The minimum absolute atomic E-state index is 0.483. The van der Waals surface area contributed by atoms with E-state index in [1.54, 1.807) is 18.2 Å². The Labute approximate surface area is 86.9 Å². The van der Waals surface area contributed by atoms with Crippen LogP contribution in [0.4, 0.5) is 0 Å². The van der Waals surface area contributed by atoms with Crippen molar-refractivity contribution >= 4 is 17.0 Å². The molecule has 0 aliphatic heterocycles. The maximum Gasteiger partial charge on any atom is 0.102 e. The monoisotopic (exact) mass is 193 g/mol. The SMILES string of the molecule is C=Cc1[nH]c2cccc(C#N)c2c1C#N. The van der Waals surface area contributed by atoms with E-state index in [-0.39, 0.29) is 0 Å². The van der Waals surface area contributed by atoms with E-state index >= 15 is 0 Å². The Morgan fingerprint density at radius 3 is 2.67 bits per heavy atom. The molecule has 0 saturated carbocycles. The average molecular weight is 193 g/mol. The van der Waals surface area contributed by atoms with E-state index in [0.717, 1.165) is 5.52 Å². The molecule has 0 amide bonds. The van der Waals surface area contributed by atoms with Gasteiger partial charge in [0.1, 0.15) is 6.07 Å². The molecular weight excluding hydrogens is 186 g/mol. The van der Waals surface area contributed by atoms with Crippen LogP contribution >= 0.6 is 0 Å². The third kappa shape index (κ3) is 1.19. The molecule has 1 N–H and O–H groups in total. The fourth-order valence-corrected chi connectivity index (χ4v) is 1.63. The van der Waals surface area contributed by atoms with Gasteiger partial charge in [-0.2, -0.15) is 10.5 Å². The van der Waals surface area contributed by atoms with Gasteiger partial charge in [-0.15, -0.1) is 0 Å². The summed E-state index contributed by atoms with van der Waals surface area (Å²) >= 11 is 0. The first-order valence-electron chi connectivity index (χ1n) is 4.39. The van der Waals surface area contributed by atoms with E-state index in [2.05, 4.69) is 23.7 Å². The van der Waals surface area contributed by atoms with Gasteiger partial charge in [0.15, 0.2) is 0 Å². The molecule has 0 saturated heterocycles. The zero-order chi connectivity index (χ0) is 10.8. The van der Waals surface area contributed by atoms with Crippen LogP contribution in [-0.4, -0.2) is 4.98 Å². The molecule has 1 aromatic carbocycles. The molecule has 0 fully saturated rings. The van der Waals surface area contributed by atoms with Crippen molar-refractivity contribution in [2.75, 3.05) is 0 Å². The number of rotatable bonds is 1. The van der Waals surface area contributed by atoms with Crippen molar-refractivity contribution in [1.29, 1.82) is 10.5 Å². The minimum Gasteiger partial charge on any atom is -0.354 e. The number of hydrogen-bond acceptors (Lipinski definition) is 2. The Kier molecular flexibility index (Phi) is 2.00. The summed E-state index contributed by atoms with van der Waals surface area (Å²) in [7, 11) is 0. The zero-order valence-corrected chi connectivity index (χ0v) is 7.91. The zero-order valence-electron chi connectivity index (χ0n) is 7.91. The van der Waals surface area contributed by atoms with Crippen molar-refractivity contribution in [3.05, 3.63) is 41.6 Å². The van der Waals surface area contributed by atoms with E-state index in [4.69, 9.17) is 10.5 Å². The summed E-state index contributed by atoms with van der Waals surface area (Å²) in [5, 5.41) is 18.6. The molecule has 0 radical (unpaired) electrons. The highest BCUT2D eigenvalue weighted by Crippen LogP contribution is 2.25. The maximum atomic E-state index is 9.03. The van der Waals surface area contributed by atoms with Crippen LogP contribution in [0.3, 0.4) is 0 Å². The van der Waals surface area contributed by atoms with Gasteiger partial charge in [0.25, 0.3) is 0 Å². The topological polar surface area (TPSA) is 63.4 Å². The van der Waals surface area contributed by atoms with Crippen molar-refractivity contribution in [2.45, 2.75) is 0 Å². The molecule has 0 spiro atoms. The van der Waals surface area contributed by atoms with Crippen molar-refractivity contribution in [1.82, 2.24) is 4.98 Å². The van der Waals surface area contributed by atoms with Gasteiger partial charge < -0.3 is 4.98 Å². The molecular formula is C12H7N3. The van der Waals surface area contributed by atoms with Crippen LogP contribution in [0.25, 0.3) is 17.0 Å². The van der Waals surface area contributed by atoms with Crippen LogP contribution in [0.1, 0.15) is 16.8 Å². The molecule has 0 aliphatic rings. The van der Waals surface area contributed by atoms with Crippen LogP contribution in [0.5, 0.6) is 0 Å². The summed E-state index contributed by atoms with van der Waals surface area (Å²) in [6.45, 7) is 3.63. The third-order valence-corrected chi connectivity index (χ3v) is 2.29. The molecule has 0 atom stereocenters. The summed E-state index contributed by atoms with van der Waals surface area (Å²) in [4.78, 5) is 3.05. The van der Waals surface area contributed by atoms with E-state index < -0.39 is 0 Å². The van der Waals surface area contributed by atoms with E-state index in [1.165, 1.54) is 0 Å². The van der Waals surface area contributed by atoms with Gasteiger partial charge in [0.2, 0.25) is 0 Å². The predicted molar refractivity (Wildman–Crippen MR) is 57.8 cm³/mol. The molecule has 3 heteroatoms.